The highest BCUT2D eigenvalue weighted by Gasteiger charge is 2.15. The van der Waals surface area contributed by atoms with E-state index in [2.05, 4.69) is 15.6 Å². The van der Waals surface area contributed by atoms with Gasteiger partial charge in [0.2, 0.25) is 5.91 Å². The highest BCUT2D eigenvalue weighted by molar-refractivity contribution is 8.00. The predicted octanol–water partition coefficient (Wildman–Crippen LogP) is 3.65. The number of carbonyl (C=O) groups excluding carboxylic acids is 2. The second-order valence-electron chi connectivity index (χ2n) is 7.17. The van der Waals surface area contributed by atoms with Crippen LogP contribution in [0.2, 0.25) is 0 Å². The molecular weight excluding hydrogens is 440 g/mol. The maximum atomic E-state index is 12.7. The zero-order chi connectivity index (χ0) is 23.2. The van der Waals surface area contributed by atoms with E-state index in [-0.39, 0.29) is 18.4 Å². The van der Waals surface area contributed by atoms with Crippen LogP contribution in [0.15, 0.2) is 82.5 Å². The summed E-state index contributed by atoms with van der Waals surface area (Å²) in [4.78, 5) is 38.1. The lowest BCUT2D eigenvalue weighted by Gasteiger charge is -2.10. The van der Waals surface area contributed by atoms with E-state index in [1.807, 2.05) is 31.2 Å². The molecule has 0 aliphatic carbocycles. The van der Waals surface area contributed by atoms with Gasteiger partial charge in [0.1, 0.15) is 5.52 Å². The van der Waals surface area contributed by atoms with Crippen molar-refractivity contribution in [3.63, 3.8) is 0 Å². The number of rotatable bonds is 7. The summed E-state index contributed by atoms with van der Waals surface area (Å²) in [5.74, 6) is -0.697. The van der Waals surface area contributed by atoms with Crippen LogP contribution >= 0.6 is 11.8 Å². The topological polar surface area (TPSA) is 103 Å². The van der Waals surface area contributed by atoms with Gasteiger partial charge in [-0.1, -0.05) is 47.2 Å². The van der Waals surface area contributed by atoms with E-state index in [4.69, 9.17) is 4.74 Å². The fourth-order valence-corrected chi connectivity index (χ4v) is 3.88. The summed E-state index contributed by atoms with van der Waals surface area (Å²) in [6.45, 7) is 1.60. The molecule has 9 heteroatoms. The second-order valence-corrected chi connectivity index (χ2v) is 8.19. The van der Waals surface area contributed by atoms with E-state index in [1.165, 1.54) is 11.8 Å². The molecule has 1 heterocycles. The van der Waals surface area contributed by atoms with Crippen molar-refractivity contribution >= 4 is 40.2 Å². The molecule has 4 aromatic rings. The number of anilines is 1. The first-order chi connectivity index (χ1) is 16.0. The molecule has 0 saturated carbocycles. The summed E-state index contributed by atoms with van der Waals surface area (Å²) < 4.78 is 6.30. The molecule has 0 atom stereocenters. The third kappa shape index (κ3) is 5.45. The van der Waals surface area contributed by atoms with E-state index >= 15 is 0 Å². The molecule has 0 bridgehead atoms. The second kappa shape index (κ2) is 10.1. The molecule has 3 aromatic carbocycles. The summed E-state index contributed by atoms with van der Waals surface area (Å²) in [5.41, 5.74) is 2.18. The van der Waals surface area contributed by atoms with Crippen LogP contribution in [0, 0.1) is 6.92 Å². The standard InChI is InChI=1S/C24H20N4O4S/c1-16-10-12-17(13-11-16)25-22(29)14-33-21-9-5-3-7-19(21)24(31)32-15-28-23(30)18-6-2-4-8-20(18)26-27-28/h2-13H,14-15H2,1H3,(H,25,29). The molecule has 4 rings (SSSR count). The van der Waals surface area contributed by atoms with Crippen LogP contribution in [0.3, 0.4) is 0 Å². The number of hydrogen-bond acceptors (Lipinski definition) is 7. The van der Waals surface area contributed by atoms with Crippen molar-refractivity contribution < 1.29 is 14.3 Å². The van der Waals surface area contributed by atoms with Gasteiger partial charge in [-0.05, 0) is 43.3 Å². The van der Waals surface area contributed by atoms with Gasteiger partial charge in [-0.2, -0.15) is 4.68 Å². The summed E-state index contributed by atoms with van der Waals surface area (Å²) >= 11 is 1.22. The van der Waals surface area contributed by atoms with Gasteiger partial charge in [0.05, 0.1) is 16.7 Å². The Morgan fingerprint density at radius 3 is 2.55 bits per heavy atom. The molecule has 33 heavy (non-hydrogen) atoms. The van der Waals surface area contributed by atoms with Gasteiger partial charge in [0.15, 0.2) is 6.73 Å². The molecule has 8 nitrogen and oxygen atoms in total. The van der Waals surface area contributed by atoms with Crippen LogP contribution in [0.4, 0.5) is 5.69 Å². The molecule has 1 aromatic heterocycles. The van der Waals surface area contributed by atoms with E-state index < -0.39 is 11.5 Å². The molecule has 0 unspecified atom stereocenters. The Morgan fingerprint density at radius 1 is 1.00 bits per heavy atom. The minimum Gasteiger partial charge on any atom is -0.439 e. The number of hydrogen-bond donors (Lipinski definition) is 1. The average Bonchev–Trinajstić information content (AvgIpc) is 2.84. The minimum absolute atomic E-state index is 0.119. The molecule has 0 saturated heterocycles. The van der Waals surface area contributed by atoms with Crippen molar-refractivity contribution in [1.29, 1.82) is 0 Å². The lowest BCUT2D eigenvalue weighted by molar-refractivity contribution is -0.113. The third-order valence-electron chi connectivity index (χ3n) is 4.75. The normalized spacial score (nSPS) is 10.7. The Morgan fingerprint density at radius 2 is 1.73 bits per heavy atom. The molecule has 0 aliphatic rings. The number of thioether (sulfide) groups is 1. The van der Waals surface area contributed by atoms with Gasteiger partial charge in [0, 0.05) is 10.6 Å². The Kier molecular flexibility index (Phi) is 6.80. The van der Waals surface area contributed by atoms with Crippen molar-refractivity contribution in [3.05, 3.63) is 94.3 Å². The molecular formula is C24H20N4O4S. The lowest BCUT2D eigenvalue weighted by atomic mass is 10.2. The number of aromatic nitrogens is 3. The molecule has 1 N–H and O–H groups in total. The SMILES string of the molecule is Cc1ccc(NC(=O)CSc2ccccc2C(=O)OCn2nnc3ccccc3c2=O)cc1. The number of nitrogens with zero attached hydrogens (tertiary/aromatic N) is 3. The van der Waals surface area contributed by atoms with Crippen LogP contribution in [0.1, 0.15) is 15.9 Å². The van der Waals surface area contributed by atoms with Gasteiger partial charge in [0.25, 0.3) is 5.56 Å². The monoisotopic (exact) mass is 460 g/mol. The zero-order valence-corrected chi connectivity index (χ0v) is 18.5. The molecule has 0 aliphatic heterocycles. The number of esters is 1. The van der Waals surface area contributed by atoms with Crippen molar-refractivity contribution in [2.45, 2.75) is 18.6 Å². The largest absolute Gasteiger partial charge is 0.439 e. The van der Waals surface area contributed by atoms with E-state index in [1.54, 1.807) is 48.5 Å². The predicted molar refractivity (Wildman–Crippen MR) is 126 cm³/mol. The first-order valence-corrected chi connectivity index (χ1v) is 11.1. The molecule has 1 amide bonds. The Balaban J connectivity index is 1.40. The minimum atomic E-state index is -0.626. The number of benzene rings is 3. The van der Waals surface area contributed by atoms with Crippen LogP contribution in [0.5, 0.6) is 0 Å². The first-order valence-electron chi connectivity index (χ1n) is 10.1. The highest BCUT2D eigenvalue weighted by Crippen LogP contribution is 2.24. The number of carbonyl (C=O) groups is 2. The number of ether oxygens (including phenoxy) is 1. The average molecular weight is 461 g/mol. The van der Waals surface area contributed by atoms with Crippen LogP contribution in [0.25, 0.3) is 10.9 Å². The fraction of sp³-hybridized carbons (Fsp3) is 0.125. The summed E-state index contributed by atoms with van der Waals surface area (Å²) in [7, 11) is 0. The number of fused-ring (bicyclic) bond motifs is 1. The molecule has 166 valence electrons. The first kappa shape index (κ1) is 22.2. The van der Waals surface area contributed by atoms with E-state index in [0.717, 1.165) is 10.2 Å². The Hall–Kier alpha value is -3.98. The fourth-order valence-electron chi connectivity index (χ4n) is 3.04. The maximum Gasteiger partial charge on any atom is 0.341 e. The summed E-state index contributed by atoms with van der Waals surface area (Å²) in [6, 6.07) is 21.1. The van der Waals surface area contributed by atoms with Crippen molar-refractivity contribution in [2.24, 2.45) is 0 Å². The van der Waals surface area contributed by atoms with Crippen LogP contribution in [-0.4, -0.2) is 32.6 Å². The van der Waals surface area contributed by atoms with Crippen molar-refractivity contribution in [1.82, 2.24) is 15.0 Å². The van der Waals surface area contributed by atoms with Gasteiger partial charge in [-0.15, -0.1) is 16.9 Å². The molecule has 0 radical (unpaired) electrons. The number of amides is 1. The van der Waals surface area contributed by atoms with Crippen LogP contribution < -0.4 is 10.9 Å². The highest BCUT2D eigenvalue weighted by atomic mass is 32.2. The van der Waals surface area contributed by atoms with Gasteiger partial charge in [-0.25, -0.2) is 4.79 Å². The molecule has 0 fully saturated rings. The lowest BCUT2D eigenvalue weighted by Crippen LogP contribution is -2.26. The smallest absolute Gasteiger partial charge is 0.341 e. The van der Waals surface area contributed by atoms with E-state index in [0.29, 0.717) is 27.0 Å². The van der Waals surface area contributed by atoms with Gasteiger partial charge >= 0.3 is 5.97 Å². The van der Waals surface area contributed by atoms with Crippen LogP contribution in [-0.2, 0) is 16.3 Å². The quantitative estimate of drug-likeness (QED) is 0.332. The molecule has 0 spiro atoms. The summed E-state index contributed by atoms with van der Waals surface area (Å²) in [6.07, 6.45) is 0. The van der Waals surface area contributed by atoms with Crippen molar-refractivity contribution in [3.8, 4) is 0 Å². The van der Waals surface area contributed by atoms with E-state index in [9.17, 15) is 14.4 Å². The third-order valence-corrected chi connectivity index (χ3v) is 5.82. The Labute approximate surface area is 193 Å². The Bertz CT molecular complexity index is 1370. The number of aryl methyl sites for hydroxylation is 1. The maximum absolute atomic E-state index is 12.7. The zero-order valence-electron chi connectivity index (χ0n) is 17.7. The summed E-state index contributed by atoms with van der Waals surface area (Å²) in [5, 5.41) is 11.0. The van der Waals surface area contributed by atoms with Crippen molar-refractivity contribution in [2.75, 3.05) is 11.1 Å². The number of nitrogens with one attached hydrogen (secondary N) is 1. The van der Waals surface area contributed by atoms with Gasteiger partial charge in [-0.3, -0.25) is 9.59 Å². The van der Waals surface area contributed by atoms with Gasteiger partial charge < -0.3 is 10.1 Å².